The van der Waals surface area contributed by atoms with E-state index in [2.05, 4.69) is 47.8 Å². The molecular weight excluding hydrogens is 578 g/mol. The van der Waals surface area contributed by atoms with Gasteiger partial charge in [0.1, 0.15) is 11.6 Å². The van der Waals surface area contributed by atoms with Gasteiger partial charge in [-0.2, -0.15) is 0 Å². The van der Waals surface area contributed by atoms with Crippen LogP contribution in [0.1, 0.15) is 87.5 Å². The topological polar surface area (TPSA) is 90.4 Å². The Hall–Kier alpha value is -2.97. The fraction of sp³-hybridized carbons (Fsp3) is 0.658. The lowest BCUT2D eigenvalue weighted by Gasteiger charge is -2.47. The minimum Gasteiger partial charge on any atom is -0.394 e. The molecule has 46 heavy (non-hydrogen) atoms. The molecule has 4 rings (SSSR count). The maximum absolute atomic E-state index is 15.2. The summed E-state index contributed by atoms with van der Waals surface area (Å²) >= 11 is 0. The molecule has 1 aromatic rings. The third-order valence-electron chi connectivity index (χ3n) is 10.9. The number of benzene rings is 1. The molecule has 8 nitrogen and oxygen atoms in total. The van der Waals surface area contributed by atoms with Crippen LogP contribution in [-0.4, -0.2) is 81.1 Å². The SMILES string of the molecule is C=CCN(C(=O)[C@H]1[C@H]2C(=O)N([C@@H](CO)[C@@H](C)CC)C(C(=O)N(CC=C)C(C)(C)CC(C)(C)C)C23CC[C@]1(CC)O3)c1ccccc1. The zero-order valence-corrected chi connectivity index (χ0v) is 29.4. The first kappa shape index (κ1) is 35.9. The van der Waals surface area contributed by atoms with Gasteiger partial charge in [0.2, 0.25) is 17.7 Å². The number of amides is 3. The first-order valence-corrected chi connectivity index (χ1v) is 17.1. The van der Waals surface area contributed by atoms with E-state index in [0.29, 0.717) is 32.2 Å². The van der Waals surface area contributed by atoms with Crippen molar-refractivity contribution in [2.24, 2.45) is 23.2 Å². The van der Waals surface area contributed by atoms with Crippen molar-refractivity contribution in [3.63, 3.8) is 0 Å². The number of hydrogen-bond donors (Lipinski definition) is 1. The van der Waals surface area contributed by atoms with Gasteiger partial charge in [0.05, 0.1) is 30.1 Å². The van der Waals surface area contributed by atoms with Crippen LogP contribution in [0.5, 0.6) is 0 Å². The van der Waals surface area contributed by atoms with Gasteiger partial charge in [-0.05, 0) is 63.0 Å². The van der Waals surface area contributed by atoms with Crippen LogP contribution in [0.3, 0.4) is 0 Å². The number of aliphatic hydroxyl groups excluding tert-OH is 1. The van der Waals surface area contributed by atoms with E-state index in [9.17, 15) is 9.90 Å². The summed E-state index contributed by atoms with van der Waals surface area (Å²) in [6.45, 7) is 24.8. The summed E-state index contributed by atoms with van der Waals surface area (Å²) in [7, 11) is 0. The van der Waals surface area contributed by atoms with Gasteiger partial charge in [0, 0.05) is 24.3 Å². The van der Waals surface area contributed by atoms with Crippen LogP contribution in [0, 0.1) is 23.2 Å². The van der Waals surface area contributed by atoms with Gasteiger partial charge in [0.25, 0.3) is 0 Å². The summed E-state index contributed by atoms with van der Waals surface area (Å²) in [4.78, 5) is 50.2. The van der Waals surface area contributed by atoms with Gasteiger partial charge >= 0.3 is 0 Å². The van der Waals surface area contributed by atoms with Crippen molar-refractivity contribution in [1.29, 1.82) is 0 Å². The number of fused-ring (bicyclic) bond motifs is 1. The summed E-state index contributed by atoms with van der Waals surface area (Å²) in [6.07, 6.45) is 6.45. The van der Waals surface area contributed by atoms with E-state index in [4.69, 9.17) is 4.74 Å². The monoisotopic (exact) mass is 635 g/mol. The van der Waals surface area contributed by atoms with Gasteiger partial charge in [-0.1, -0.05) is 78.3 Å². The quantitative estimate of drug-likeness (QED) is 0.254. The molecule has 0 aliphatic carbocycles. The van der Waals surface area contributed by atoms with Gasteiger partial charge in [-0.25, -0.2) is 0 Å². The third kappa shape index (κ3) is 5.96. The second-order valence-electron chi connectivity index (χ2n) is 15.6. The molecule has 3 aliphatic rings. The van der Waals surface area contributed by atoms with E-state index in [0.717, 1.165) is 12.1 Å². The molecule has 2 unspecified atom stereocenters. The Kier molecular flexibility index (Phi) is 10.3. The van der Waals surface area contributed by atoms with Crippen LogP contribution in [-0.2, 0) is 19.1 Å². The largest absolute Gasteiger partial charge is 0.394 e. The number of anilines is 1. The van der Waals surface area contributed by atoms with Crippen molar-refractivity contribution < 1.29 is 24.2 Å². The van der Waals surface area contributed by atoms with E-state index < -0.39 is 40.7 Å². The normalized spacial score (nSPS) is 28.5. The van der Waals surface area contributed by atoms with Crippen molar-refractivity contribution >= 4 is 23.4 Å². The summed E-state index contributed by atoms with van der Waals surface area (Å²) in [5.41, 5.74) is -2.00. The lowest BCUT2D eigenvalue weighted by molar-refractivity contribution is -0.161. The Morgan fingerprint density at radius 2 is 1.70 bits per heavy atom. The second kappa shape index (κ2) is 13.3. The molecule has 3 amide bonds. The predicted molar refractivity (Wildman–Crippen MR) is 183 cm³/mol. The number of nitrogens with zero attached hydrogens (tertiary/aromatic N) is 3. The molecule has 3 saturated heterocycles. The Bertz CT molecular complexity index is 1300. The highest BCUT2D eigenvalue weighted by molar-refractivity contribution is 6.03. The van der Waals surface area contributed by atoms with E-state index in [-0.39, 0.29) is 42.2 Å². The van der Waals surface area contributed by atoms with Gasteiger partial charge in [-0.3, -0.25) is 14.4 Å². The van der Waals surface area contributed by atoms with Crippen molar-refractivity contribution in [1.82, 2.24) is 9.80 Å². The number of carbonyl (C=O) groups excluding carboxylic acids is 3. The highest BCUT2D eigenvalue weighted by Gasteiger charge is 2.79. The van der Waals surface area contributed by atoms with E-state index in [1.165, 1.54) is 0 Å². The number of carbonyl (C=O) groups is 3. The number of ether oxygens (including phenoxy) is 1. The number of hydrogen-bond acceptors (Lipinski definition) is 5. The highest BCUT2D eigenvalue weighted by atomic mass is 16.5. The van der Waals surface area contributed by atoms with Crippen LogP contribution in [0.2, 0.25) is 0 Å². The summed E-state index contributed by atoms with van der Waals surface area (Å²) < 4.78 is 7.11. The molecule has 3 fully saturated rings. The van der Waals surface area contributed by atoms with Gasteiger partial charge < -0.3 is 24.5 Å². The average Bonchev–Trinajstić information content (AvgIpc) is 3.61. The van der Waals surface area contributed by atoms with Crippen LogP contribution >= 0.6 is 0 Å². The maximum atomic E-state index is 15.2. The van der Waals surface area contributed by atoms with Crippen molar-refractivity contribution in [2.75, 3.05) is 24.6 Å². The Labute approximate surface area is 276 Å². The third-order valence-corrected chi connectivity index (χ3v) is 10.9. The molecule has 7 atom stereocenters. The summed E-state index contributed by atoms with van der Waals surface area (Å²) in [5, 5.41) is 10.8. The first-order chi connectivity index (χ1) is 21.6. The number of para-hydroxylation sites is 1. The van der Waals surface area contributed by atoms with Crippen molar-refractivity contribution in [3.8, 4) is 0 Å². The highest BCUT2D eigenvalue weighted by Crippen LogP contribution is 2.65. The van der Waals surface area contributed by atoms with Crippen LogP contribution in [0.25, 0.3) is 0 Å². The van der Waals surface area contributed by atoms with Crippen molar-refractivity contribution in [3.05, 3.63) is 55.6 Å². The Balaban J connectivity index is 1.91. The van der Waals surface area contributed by atoms with Crippen LogP contribution < -0.4 is 4.90 Å². The van der Waals surface area contributed by atoms with E-state index in [1.54, 1.807) is 22.0 Å². The zero-order valence-electron chi connectivity index (χ0n) is 29.4. The van der Waals surface area contributed by atoms with Gasteiger partial charge in [-0.15, -0.1) is 13.2 Å². The number of aliphatic hydroxyl groups is 1. The fourth-order valence-electron chi connectivity index (χ4n) is 9.02. The molecule has 0 saturated carbocycles. The lowest BCUT2D eigenvalue weighted by Crippen LogP contribution is -2.63. The lowest BCUT2D eigenvalue weighted by atomic mass is 9.64. The first-order valence-electron chi connectivity index (χ1n) is 17.1. The summed E-state index contributed by atoms with van der Waals surface area (Å²) in [6, 6.07) is 7.86. The maximum Gasteiger partial charge on any atom is 0.249 e. The molecule has 254 valence electrons. The molecule has 0 radical (unpaired) electrons. The fourth-order valence-corrected chi connectivity index (χ4v) is 9.02. The van der Waals surface area contributed by atoms with Crippen LogP contribution in [0.4, 0.5) is 5.69 Å². The molecule has 1 N–H and O–H groups in total. The second-order valence-corrected chi connectivity index (χ2v) is 15.6. The minimum atomic E-state index is -1.20. The molecule has 3 heterocycles. The number of likely N-dealkylation sites (tertiary alicyclic amines) is 1. The molecule has 2 bridgehead atoms. The molecule has 8 heteroatoms. The average molecular weight is 636 g/mol. The Morgan fingerprint density at radius 3 is 2.22 bits per heavy atom. The predicted octanol–water partition coefficient (Wildman–Crippen LogP) is 6.00. The molecular formula is C38H57N3O5. The van der Waals surface area contributed by atoms with Crippen LogP contribution in [0.15, 0.2) is 55.6 Å². The standard InChI is InChI=1S/C38H57N3O5/c1-11-22-39(27-18-16-15-17-19-27)32(43)29-30-33(44)41(28(24-42)26(5)13-3)31(38(30)21-20-37(29,14-4)46-38)34(45)40(23-12-2)36(9,10)25-35(6,7)8/h11-12,15-19,26,28-31,42H,1-2,13-14,20-25H2,3-10H3/t26-,28-,29+,30-,31?,37-,38?/m0/s1. The van der Waals surface area contributed by atoms with Gasteiger partial charge in [0.15, 0.2) is 0 Å². The van der Waals surface area contributed by atoms with E-state index >= 15 is 9.59 Å². The smallest absolute Gasteiger partial charge is 0.249 e. The zero-order chi connectivity index (χ0) is 34.2. The van der Waals surface area contributed by atoms with E-state index in [1.807, 2.05) is 56.0 Å². The molecule has 1 aromatic carbocycles. The molecule has 3 aliphatic heterocycles. The summed E-state index contributed by atoms with van der Waals surface area (Å²) in [5.74, 6) is -2.40. The van der Waals surface area contributed by atoms with Crippen molar-refractivity contribution in [2.45, 2.75) is 116 Å². The molecule has 1 spiro atoms. The minimum absolute atomic E-state index is 0.0717. The Morgan fingerprint density at radius 1 is 1.07 bits per heavy atom. The molecule has 0 aromatic heterocycles. The number of rotatable bonds is 14.